The van der Waals surface area contributed by atoms with Crippen molar-refractivity contribution in [3.8, 4) is 0 Å². The van der Waals surface area contributed by atoms with Gasteiger partial charge >= 0.3 is 6.09 Å². The average Bonchev–Trinajstić information content (AvgIpc) is 2.29. The van der Waals surface area contributed by atoms with Crippen LogP contribution in [0.1, 0.15) is 27.7 Å². The summed E-state index contributed by atoms with van der Waals surface area (Å²) < 4.78 is 5.17. The van der Waals surface area contributed by atoms with Crippen LogP contribution in [-0.2, 0) is 4.74 Å². The smallest absolute Gasteiger partial charge is 0.412 e. The number of benzene rings is 1. The molecule has 0 spiro atoms. The molecule has 0 heterocycles. The van der Waals surface area contributed by atoms with Gasteiger partial charge in [-0.25, -0.2) is 4.79 Å². The molecule has 0 fully saturated rings. The van der Waals surface area contributed by atoms with Crippen molar-refractivity contribution in [1.82, 2.24) is 0 Å². The number of amides is 1. The lowest BCUT2D eigenvalue weighted by Crippen LogP contribution is -2.27. The van der Waals surface area contributed by atoms with Gasteiger partial charge in [0.15, 0.2) is 0 Å². The molecule has 0 saturated heterocycles. The Morgan fingerprint density at radius 1 is 1.26 bits per heavy atom. The maximum atomic E-state index is 11.6. The third kappa shape index (κ3) is 6.10. The molecule has 5 heteroatoms. The monoisotopic (exact) mass is 265 g/mol. The van der Waals surface area contributed by atoms with Crippen molar-refractivity contribution in [3.63, 3.8) is 0 Å². The van der Waals surface area contributed by atoms with Crippen LogP contribution in [0.4, 0.5) is 16.2 Å². The van der Waals surface area contributed by atoms with E-state index < -0.39 is 11.7 Å². The number of anilines is 2. The Morgan fingerprint density at radius 2 is 1.79 bits per heavy atom. The number of nitrogens with one attached hydrogen (secondary N) is 2. The van der Waals surface area contributed by atoms with E-state index in [1.165, 1.54) is 0 Å². The number of hydrogen-bond donors (Lipinski definition) is 3. The van der Waals surface area contributed by atoms with E-state index in [1.807, 2.05) is 52.0 Å². The molecule has 1 aromatic carbocycles. The van der Waals surface area contributed by atoms with Gasteiger partial charge in [-0.3, -0.25) is 5.32 Å². The average molecular weight is 265 g/mol. The van der Waals surface area contributed by atoms with E-state index in [1.54, 1.807) is 0 Å². The Bertz CT molecular complexity index is 410. The molecule has 0 aliphatic carbocycles. The summed E-state index contributed by atoms with van der Waals surface area (Å²) in [6.07, 6.45) is -0.455. The largest absolute Gasteiger partial charge is 0.444 e. The summed E-state index contributed by atoms with van der Waals surface area (Å²) in [5.41, 5.74) is 6.70. The maximum absolute atomic E-state index is 11.6. The zero-order valence-electron chi connectivity index (χ0n) is 12.0. The maximum Gasteiger partial charge on any atom is 0.412 e. The lowest BCUT2D eigenvalue weighted by atomic mass is 10.2. The normalized spacial score (nSPS) is 12.7. The van der Waals surface area contributed by atoms with E-state index in [2.05, 4.69) is 10.6 Å². The summed E-state index contributed by atoms with van der Waals surface area (Å²) in [7, 11) is 0. The Morgan fingerprint density at radius 3 is 2.26 bits per heavy atom. The molecule has 1 atom stereocenters. The summed E-state index contributed by atoms with van der Waals surface area (Å²) in [5, 5.41) is 5.92. The molecule has 0 aromatic heterocycles. The standard InChI is InChI=1S/C14H23N3O2/c1-10(9-15)16-11-5-7-12(8-6-11)17-13(18)19-14(2,3)4/h5-8,10,16H,9,15H2,1-4H3,(H,17,18). The first-order chi connectivity index (χ1) is 8.80. The number of ether oxygens (including phenoxy) is 1. The highest BCUT2D eigenvalue weighted by molar-refractivity contribution is 5.85. The third-order valence-electron chi connectivity index (χ3n) is 2.30. The van der Waals surface area contributed by atoms with Crippen molar-refractivity contribution in [2.24, 2.45) is 5.73 Å². The minimum atomic E-state index is -0.498. The number of carbonyl (C=O) groups is 1. The summed E-state index contributed by atoms with van der Waals surface area (Å²) >= 11 is 0. The predicted molar refractivity (Wildman–Crippen MR) is 78.4 cm³/mol. The second kappa shape index (κ2) is 6.43. The fourth-order valence-corrected chi connectivity index (χ4v) is 1.41. The molecule has 1 amide bonds. The van der Waals surface area contributed by atoms with Gasteiger partial charge in [0.1, 0.15) is 5.60 Å². The SMILES string of the molecule is CC(CN)Nc1ccc(NC(=O)OC(C)(C)C)cc1. The molecule has 106 valence electrons. The number of nitrogens with two attached hydrogens (primary N) is 1. The Hall–Kier alpha value is -1.75. The van der Waals surface area contributed by atoms with Gasteiger partial charge in [0.2, 0.25) is 0 Å². The van der Waals surface area contributed by atoms with Gasteiger partial charge in [-0.1, -0.05) is 0 Å². The van der Waals surface area contributed by atoms with E-state index in [0.29, 0.717) is 12.2 Å². The van der Waals surface area contributed by atoms with Crippen molar-refractivity contribution in [3.05, 3.63) is 24.3 Å². The molecular weight excluding hydrogens is 242 g/mol. The van der Waals surface area contributed by atoms with Gasteiger partial charge in [0.25, 0.3) is 0 Å². The second-order valence-electron chi connectivity index (χ2n) is 5.49. The van der Waals surface area contributed by atoms with Gasteiger partial charge in [-0.2, -0.15) is 0 Å². The first kappa shape index (κ1) is 15.3. The Balaban J connectivity index is 2.55. The highest BCUT2D eigenvalue weighted by Gasteiger charge is 2.16. The van der Waals surface area contributed by atoms with Gasteiger partial charge in [-0.15, -0.1) is 0 Å². The lowest BCUT2D eigenvalue weighted by Gasteiger charge is -2.19. The molecule has 1 unspecified atom stereocenters. The molecule has 0 bridgehead atoms. The minimum Gasteiger partial charge on any atom is -0.444 e. The van der Waals surface area contributed by atoms with Crippen LogP contribution in [0.2, 0.25) is 0 Å². The number of rotatable bonds is 4. The summed E-state index contributed by atoms with van der Waals surface area (Å²) in [6, 6.07) is 7.62. The van der Waals surface area contributed by atoms with Crippen LogP contribution in [-0.4, -0.2) is 24.3 Å². The molecule has 0 aliphatic heterocycles. The molecule has 19 heavy (non-hydrogen) atoms. The predicted octanol–water partition coefficient (Wildman–Crippen LogP) is 2.79. The van der Waals surface area contributed by atoms with Gasteiger partial charge < -0.3 is 15.8 Å². The van der Waals surface area contributed by atoms with Crippen LogP contribution in [0.15, 0.2) is 24.3 Å². The van der Waals surface area contributed by atoms with Crippen LogP contribution in [0, 0.1) is 0 Å². The van der Waals surface area contributed by atoms with Crippen molar-refractivity contribution >= 4 is 17.5 Å². The Kier molecular flexibility index (Phi) is 5.18. The van der Waals surface area contributed by atoms with Gasteiger partial charge in [0.05, 0.1) is 0 Å². The molecule has 0 radical (unpaired) electrons. The van der Waals surface area contributed by atoms with Crippen LogP contribution in [0.5, 0.6) is 0 Å². The highest BCUT2D eigenvalue weighted by atomic mass is 16.6. The molecule has 1 rings (SSSR count). The Labute approximate surface area is 114 Å². The van der Waals surface area contributed by atoms with Crippen LogP contribution < -0.4 is 16.4 Å². The van der Waals surface area contributed by atoms with E-state index in [9.17, 15) is 4.79 Å². The van der Waals surface area contributed by atoms with E-state index in [4.69, 9.17) is 10.5 Å². The van der Waals surface area contributed by atoms with Gasteiger partial charge in [-0.05, 0) is 52.0 Å². The lowest BCUT2D eigenvalue weighted by molar-refractivity contribution is 0.0636. The van der Waals surface area contributed by atoms with Crippen molar-refractivity contribution < 1.29 is 9.53 Å². The van der Waals surface area contributed by atoms with Crippen molar-refractivity contribution in [2.45, 2.75) is 39.3 Å². The molecule has 5 nitrogen and oxygen atoms in total. The summed E-state index contributed by atoms with van der Waals surface area (Å²) in [4.78, 5) is 11.6. The molecular formula is C14H23N3O2. The molecule has 0 aliphatic rings. The molecule has 1 aromatic rings. The quantitative estimate of drug-likeness (QED) is 0.782. The third-order valence-corrected chi connectivity index (χ3v) is 2.30. The zero-order chi connectivity index (χ0) is 14.5. The van der Waals surface area contributed by atoms with Crippen LogP contribution in [0.25, 0.3) is 0 Å². The summed E-state index contributed by atoms with van der Waals surface area (Å²) in [6.45, 7) is 8.06. The minimum absolute atomic E-state index is 0.213. The molecule has 4 N–H and O–H groups in total. The molecule has 0 saturated carbocycles. The fourth-order valence-electron chi connectivity index (χ4n) is 1.41. The van der Waals surface area contributed by atoms with Crippen LogP contribution in [0.3, 0.4) is 0 Å². The van der Waals surface area contributed by atoms with Crippen molar-refractivity contribution in [2.75, 3.05) is 17.2 Å². The summed E-state index contributed by atoms with van der Waals surface area (Å²) in [5.74, 6) is 0. The fraction of sp³-hybridized carbons (Fsp3) is 0.500. The van der Waals surface area contributed by atoms with Crippen molar-refractivity contribution in [1.29, 1.82) is 0 Å². The zero-order valence-corrected chi connectivity index (χ0v) is 12.0. The number of hydrogen-bond acceptors (Lipinski definition) is 4. The van der Waals surface area contributed by atoms with Crippen LogP contribution >= 0.6 is 0 Å². The van der Waals surface area contributed by atoms with E-state index in [-0.39, 0.29) is 6.04 Å². The first-order valence-corrected chi connectivity index (χ1v) is 6.37. The first-order valence-electron chi connectivity index (χ1n) is 6.37. The van der Waals surface area contributed by atoms with E-state index >= 15 is 0 Å². The topological polar surface area (TPSA) is 76.4 Å². The second-order valence-corrected chi connectivity index (χ2v) is 5.49. The number of carbonyl (C=O) groups excluding carboxylic acids is 1. The van der Waals surface area contributed by atoms with E-state index in [0.717, 1.165) is 5.69 Å². The highest BCUT2D eigenvalue weighted by Crippen LogP contribution is 2.15. The van der Waals surface area contributed by atoms with Gasteiger partial charge in [0, 0.05) is 24.0 Å².